The fourth-order valence-corrected chi connectivity index (χ4v) is 5.59. The van der Waals surface area contributed by atoms with E-state index in [1.165, 1.54) is 0 Å². The Balaban J connectivity index is 1.42. The van der Waals surface area contributed by atoms with Gasteiger partial charge in [-0.3, -0.25) is 9.97 Å². The number of rotatable bonds is 8. The minimum absolute atomic E-state index is 0.158. The Hall–Kier alpha value is -2.94. The van der Waals surface area contributed by atoms with Crippen molar-refractivity contribution >= 4 is 46.4 Å². The second-order valence-corrected chi connectivity index (χ2v) is 10.5. The number of hydrogen-bond donors (Lipinski definition) is 0. The predicted molar refractivity (Wildman–Crippen MR) is 148 cm³/mol. The van der Waals surface area contributed by atoms with Crippen molar-refractivity contribution in [3.8, 4) is 23.0 Å². The summed E-state index contributed by atoms with van der Waals surface area (Å²) in [6.45, 7) is 0.316. The number of nitrogens with zero attached hydrogens (tertiary/aromatic N) is 2. The van der Waals surface area contributed by atoms with Gasteiger partial charge in [0.05, 0.1) is 32.3 Å². The molecule has 39 heavy (non-hydrogen) atoms. The van der Waals surface area contributed by atoms with E-state index < -0.39 is 12.2 Å². The molecule has 6 rings (SSSR count). The van der Waals surface area contributed by atoms with Crippen LogP contribution in [-0.4, -0.2) is 23.6 Å². The van der Waals surface area contributed by atoms with Crippen LogP contribution in [-0.2, 0) is 17.6 Å². The van der Waals surface area contributed by atoms with Crippen molar-refractivity contribution in [1.29, 1.82) is 0 Å². The van der Waals surface area contributed by atoms with Gasteiger partial charge < -0.3 is 23.7 Å². The van der Waals surface area contributed by atoms with Crippen LogP contribution in [0.25, 0.3) is 0 Å². The molecule has 4 heterocycles. The number of halogens is 4. The normalized spacial score (nSPS) is 14.9. The first-order valence-corrected chi connectivity index (χ1v) is 13.5. The molecule has 200 valence electrons. The van der Waals surface area contributed by atoms with E-state index in [2.05, 4.69) is 9.97 Å². The average Bonchev–Trinajstić information content (AvgIpc) is 3.60. The quantitative estimate of drug-likeness (QED) is 0.203. The Morgan fingerprint density at radius 3 is 1.38 bits per heavy atom. The first-order chi connectivity index (χ1) is 19.0. The highest BCUT2D eigenvalue weighted by Crippen LogP contribution is 2.42. The number of aromatic nitrogens is 2. The van der Waals surface area contributed by atoms with E-state index >= 15 is 0 Å². The smallest absolute Gasteiger partial charge is 0.231 e. The van der Waals surface area contributed by atoms with Gasteiger partial charge in [0, 0.05) is 37.6 Å². The zero-order valence-corrected chi connectivity index (χ0v) is 23.2. The van der Waals surface area contributed by atoms with Gasteiger partial charge in [0.25, 0.3) is 0 Å². The molecule has 7 nitrogen and oxygen atoms in total. The third-order valence-electron chi connectivity index (χ3n) is 6.55. The first-order valence-electron chi connectivity index (χ1n) is 12.0. The Labute approximate surface area is 244 Å². The topological polar surface area (TPSA) is 71.9 Å². The number of hydrogen-bond acceptors (Lipinski definition) is 7. The van der Waals surface area contributed by atoms with Gasteiger partial charge in [0.2, 0.25) is 13.6 Å². The van der Waals surface area contributed by atoms with Crippen molar-refractivity contribution in [3.63, 3.8) is 0 Å². The van der Waals surface area contributed by atoms with Gasteiger partial charge in [-0.25, -0.2) is 0 Å². The number of ether oxygens (including phenoxy) is 5. The minimum atomic E-state index is -0.508. The van der Waals surface area contributed by atoms with Crippen molar-refractivity contribution in [2.45, 2.75) is 25.0 Å². The molecule has 0 bridgehead atoms. The lowest BCUT2D eigenvalue weighted by atomic mass is 9.98. The molecule has 2 aromatic carbocycles. The van der Waals surface area contributed by atoms with Gasteiger partial charge in [-0.15, -0.1) is 0 Å². The van der Waals surface area contributed by atoms with Crippen LogP contribution in [0.15, 0.2) is 61.2 Å². The average molecular weight is 606 g/mol. The molecular formula is C28H20Cl4N2O5. The van der Waals surface area contributed by atoms with Gasteiger partial charge in [0.1, 0.15) is 0 Å². The van der Waals surface area contributed by atoms with E-state index in [9.17, 15) is 0 Å². The largest absolute Gasteiger partial charge is 0.454 e. The highest BCUT2D eigenvalue weighted by atomic mass is 35.5. The summed E-state index contributed by atoms with van der Waals surface area (Å²) in [5.74, 6) is 2.60. The molecule has 2 unspecified atom stereocenters. The second kappa shape index (κ2) is 11.3. The maximum atomic E-state index is 6.90. The molecule has 2 aromatic heterocycles. The van der Waals surface area contributed by atoms with E-state index in [0.29, 0.717) is 67.1 Å². The third kappa shape index (κ3) is 5.55. The molecule has 0 saturated carbocycles. The summed E-state index contributed by atoms with van der Waals surface area (Å²) in [7, 11) is 0. The summed E-state index contributed by atoms with van der Waals surface area (Å²) < 4.78 is 29.2. The van der Waals surface area contributed by atoms with Gasteiger partial charge >= 0.3 is 0 Å². The molecular weight excluding hydrogens is 586 g/mol. The van der Waals surface area contributed by atoms with Gasteiger partial charge in [0.15, 0.2) is 23.0 Å². The summed E-state index contributed by atoms with van der Waals surface area (Å²) in [5.41, 5.74) is 3.11. The molecule has 0 N–H and O–H groups in total. The molecule has 2 aliphatic rings. The standard InChI is InChI=1S/C28H20Cl4N2O5/c29-19-9-33-10-20(30)17(19)7-25(15-1-3-23-27(5-15)37-13-35-23)39-26(8-18-21(31)11-34-12-22(18)32)16-2-4-24-28(6-16)38-14-36-24/h1-6,9-12,25-26H,7-8,13-14H2. The monoisotopic (exact) mass is 604 g/mol. The number of pyridine rings is 2. The molecule has 0 saturated heterocycles. The molecule has 11 heteroatoms. The van der Waals surface area contributed by atoms with Crippen LogP contribution in [0.1, 0.15) is 34.5 Å². The van der Waals surface area contributed by atoms with Crippen LogP contribution in [0.2, 0.25) is 20.1 Å². The molecule has 0 radical (unpaired) electrons. The molecule has 0 aliphatic carbocycles. The zero-order chi connectivity index (χ0) is 26.9. The first kappa shape index (κ1) is 26.3. The van der Waals surface area contributed by atoms with Crippen LogP contribution in [0.5, 0.6) is 23.0 Å². The molecule has 0 spiro atoms. The molecule has 4 aromatic rings. The van der Waals surface area contributed by atoms with Crippen LogP contribution in [0.3, 0.4) is 0 Å². The number of fused-ring (bicyclic) bond motifs is 2. The van der Waals surface area contributed by atoms with E-state index in [-0.39, 0.29) is 13.6 Å². The fraction of sp³-hybridized carbons (Fsp3) is 0.214. The molecule has 2 aliphatic heterocycles. The highest BCUT2D eigenvalue weighted by Gasteiger charge is 2.28. The summed E-state index contributed by atoms with van der Waals surface area (Å²) >= 11 is 26.1. The van der Waals surface area contributed by atoms with Crippen LogP contribution in [0, 0.1) is 0 Å². The van der Waals surface area contributed by atoms with E-state index in [1.54, 1.807) is 24.8 Å². The third-order valence-corrected chi connectivity index (χ3v) is 7.85. The maximum Gasteiger partial charge on any atom is 0.231 e. The zero-order valence-electron chi connectivity index (χ0n) is 20.2. The summed E-state index contributed by atoms with van der Waals surface area (Å²) in [4.78, 5) is 8.17. The minimum Gasteiger partial charge on any atom is -0.454 e. The van der Waals surface area contributed by atoms with Gasteiger partial charge in [-0.1, -0.05) is 58.5 Å². The fourth-order valence-electron chi connectivity index (χ4n) is 4.55. The Kier molecular flexibility index (Phi) is 7.60. The summed E-state index contributed by atoms with van der Waals surface area (Å²) in [5, 5.41) is 1.77. The lowest BCUT2D eigenvalue weighted by Crippen LogP contribution is -2.16. The van der Waals surface area contributed by atoms with Gasteiger partial charge in [-0.2, -0.15) is 0 Å². The van der Waals surface area contributed by atoms with Crippen molar-refractivity contribution in [3.05, 3.63) is 104 Å². The van der Waals surface area contributed by atoms with Crippen LogP contribution < -0.4 is 18.9 Å². The van der Waals surface area contributed by atoms with Crippen molar-refractivity contribution in [1.82, 2.24) is 9.97 Å². The Bertz CT molecular complexity index is 1380. The molecule has 2 atom stereocenters. The Morgan fingerprint density at radius 1 is 0.590 bits per heavy atom. The summed E-state index contributed by atoms with van der Waals surface area (Å²) in [6.07, 6.45) is 5.95. The number of benzene rings is 2. The van der Waals surface area contributed by atoms with E-state index in [4.69, 9.17) is 70.1 Å². The van der Waals surface area contributed by atoms with Crippen LogP contribution in [0.4, 0.5) is 0 Å². The van der Waals surface area contributed by atoms with E-state index in [1.807, 2.05) is 36.4 Å². The lowest BCUT2D eigenvalue weighted by molar-refractivity contribution is -0.0150. The molecule has 0 amide bonds. The predicted octanol–water partition coefficient (Wildman–Crippen LogP) is 7.83. The lowest BCUT2D eigenvalue weighted by Gasteiger charge is -2.27. The van der Waals surface area contributed by atoms with Crippen molar-refractivity contribution < 1.29 is 23.7 Å². The molecule has 0 fully saturated rings. The van der Waals surface area contributed by atoms with E-state index in [0.717, 1.165) is 11.1 Å². The SMILES string of the molecule is Clc1cncc(Cl)c1CC(OC(Cc1c(Cl)cncc1Cl)c1ccc2c(c1)OCO2)c1ccc2c(c1)OCO2. The highest BCUT2D eigenvalue weighted by molar-refractivity contribution is 6.36. The van der Waals surface area contributed by atoms with Crippen molar-refractivity contribution in [2.24, 2.45) is 0 Å². The second-order valence-electron chi connectivity index (χ2n) is 8.91. The van der Waals surface area contributed by atoms with Crippen molar-refractivity contribution in [2.75, 3.05) is 13.6 Å². The maximum absolute atomic E-state index is 6.90. The Morgan fingerprint density at radius 2 is 0.974 bits per heavy atom. The van der Waals surface area contributed by atoms with Gasteiger partial charge in [-0.05, 0) is 46.5 Å². The van der Waals surface area contributed by atoms with Crippen LogP contribution >= 0.6 is 46.4 Å². The summed E-state index contributed by atoms with van der Waals surface area (Å²) in [6, 6.07) is 11.4.